The minimum Gasteiger partial charge on any atom is -0.489 e. The Morgan fingerprint density at radius 2 is 2.12 bits per heavy atom. The number of carbonyl (C=O) groups is 3. The van der Waals surface area contributed by atoms with E-state index < -0.39 is 12.2 Å². The van der Waals surface area contributed by atoms with Crippen molar-refractivity contribution >= 4 is 52.3 Å². The molecule has 0 bridgehead atoms. The summed E-state index contributed by atoms with van der Waals surface area (Å²) >= 11 is 7.09. The Labute approximate surface area is 198 Å². The van der Waals surface area contributed by atoms with Crippen molar-refractivity contribution in [3.05, 3.63) is 39.5 Å². The molecule has 33 heavy (non-hydrogen) atoms. The van der Waals surface area contributed by atoms with E-state index in [1.54, 1.807) is 28.0 Å². The molecule has 4 aliphatic rings. The molecule has 4 aliphatic heterocycles. The van der Waals surface area contributed by atoms with Crippen LogP contribution in [0.1, 0.15) is 22.5 Å². The number of urea groups is 1. The number of thiophene rings is 1. The molecule has 0 unspecified atom stereocenters. The Balaban J connectivity index is 1.17. The lowest BCUT2D eigenvalue weighted by Gasteiger charge is -2.32. The Bertz CT molecular complexity index is 1160. The molecule has 4 amide bonds. The van der Waals surface area contributed by atoms with Crippen LogP contribution in [0.2, 0.25) is 4.34 Å². The van der Waals surface area contributed by atoms with Gasteiger partial charge in [-0.05, 0) is 37.1 Å². The molecule has 5 heterocycles. The molecular formula is C22H21ClN4O5S. The fourth-order valence-electron chi connectivity index (χ4n) is 5.02. The number of cyclic esters (lactones) is 1. The van der Waals surface area contributed by atoms with Crippen LogP contribution < -0.4 is 19.9 Å². The van der Waals surface area contributed by atoms with Crippen molar-refractivity contribution in [1.82, 2.24) is 10.2 Å². The summed E-state index contributed by atoms with van der Waals surface area (Å²) < 4.78 is 12.1. The van der Waals surface area contributed by atoms with Crippen molar-refractivity contribution in [3.8, 4) is 5.75 Å². The number of rotatable bonds is 4. The van der Waals surface area contributed by atoms with Crippen molar-refractivity contribution in [2.45, 2.75) is 31.0 Å². The third-order valence-electron chi connectivity index (χ3n) is 6.64. The van der Waals surface area contributed by atoms with Crippen LogP contribution in [0.3, 0.4) is 0 Å². The van der Waals surface area contributed by atoms with Gasteiger partial charge < -0.3 is 19.7 Å². The van der Waals surface area contributed by atoms with Gasteiger partial charge in [0.05, 0.1) is 27.5 Å². The number of anilines is 2. The average molecular weight is 489 g/mol. The summed E-state index contributed by atoms with van der Waals surface area (Å²) in [4.78, 5) is 43.5. The highest BCUT2D eigenvalue weighted by molar-refractivity contribution is 7.18. The standard InChI is InChI=1S/C22H21ClN4O5S/c23-19-6-5-18(33-19)20(28)24-9-17-15-11-31-16-8-12(3-4-14(16)27(15)22(30)32-17)26-10-13-2-1-7-25(13)21(26)29/h3-6,8,13,15,17H,1-2,7,9-11H2,(H,24,28)/t13-,15+,17+/m1/s1. The second kappa shape index (κ2) is 7.81. The van der Waals surface area contributed by atoms with Crippen molar-refractivity contribution < 1.29 is 23.9 Å². The number of nitrogens with zero attached hydrogens (tertiary/aromatic N) is 3. The summed E-state index contributed by atoms with van der Waals surface area (Å²) in [6, 6.07) is 8.70. The lowest BCUT2D eigenvalue weighted by Crippen LogP contribution is -2.47. The van der Waals surface area contributed by atoms with Gasteiger partial charge in [-0.15, -0.1) is 11.3 Å². The SMILES string of the molecule is O=C(NC[C@@H]1OC(=O)N2c3ccc(N4C[C@H]5CCCN5C4=O)cc3OC[C@@H]12)c1ccc(Cl)s1. The smallest absolute Gasteiger partial charge is 0.415 e. The molecule has 1 N–H and O–H groups in total. The highest BCUT2D eigenvalue weighted by Gasteiger charge is 2.47. The van der Waals surface area contributed by atoms with E-state index in [0.717, 1.165) is 25.1 Å². The number of fused-ring (bicyclic) bond motifs is 4. The van der Waals surface area contributed by atoms with Crippen LogP contribution in [0, 0.1) is 0 Å². The summed E-state index contributed by atoms with van der Waals surface area (Å²) in [5.41, 5.74) is 1.36. The fraction of sp³-hybridized carbons (Fsp3) is 0.409. The molecule has 11 heteroatoms. The van der Waals surface area contributed by atoms with E-state index in [0.29, 0.717) is 27.2 Å². The number of ether oxygens (including phenoxy) is 2. The number of hydrogen-bond donors (Lipinski definition) is 1. The summed E-state index contributed by atoms with van der Waals surface area (Å²) in [5, 5.41) is 2.81. The summed E-state index contributed by atoms with van der Waals surface area (Å²) in [6.45, 7) is 1.87. The van der Waals surface area contributed by atoms with E-state index in [-0.39, 0.29) is 37.2 Å². The highest BCUT2D eigenvalue weighted by Crippen LogP contribution is 2.42. The van der Waals surface area contributed by atoms with Crippen LogP contribution in [0.25, 0.3) is 0 Å². The lowest BCUT2D eigenvalue weighted by molar-refractivity contribution is 0.0890. The Kier molecular flexibility index (Phi) is 4.88. The molecule has 9 nitrogen and oxygen atoms in total. The maximum Gasteiger partial charge on any atom is 0.415 e. The Hall–Kier alpha value is -2.98. The van der Waals surface area contributed by atoms with Gasteiger partial charge in [0.15, 0.2) is 0 Å². The highest BCUT2D eigenvalue weighted by atomic mass is 35.5. The minimum absolute atomic E-state index is 0.0227. The number of amides is 4. The topological polar surface area (TPSA) is 91.4 Å². The van der Waals surface area contributed by atoms with Gasteiger partial charge in [-0.25, -0.2) is 9.59 Å². The zero-order valence-electron chi connectivity index (χ0n) is 17.5. The van der Waals surface area contributed by atoms with E-state index in [4.69, 9.17) is 21.1 Å². The van der Waals surface area contributed by atoms with Gasteiger partial charge in [0.1, 0.15) is 24.5 Å². The van der Waals surface area contributed by atoms with Gasteiger partial charge in [0, 0.05) is 24.8 Å². The first-order valence-corrected chi connectivity index (χ1v) is 12.1. The number of halogens is 1. The van der Waals surface area contributed by atoms with Gasteiger partial charge in [0.25, 0.3) is 5.91 Å². The molecule has 6 rings (SSSR count). The molecule has 0 spiro atoms. The largest absolute Gasteiger partial charge is 0.489 e. The molecule has 3 atom stereocenters. The fourth-order valence-corrected chi connectivity index (χ4v) is 5.98. The first-order valence-electron chi connectivity index (χ1n) is 10.9. The molecular weight excluding hydrogens is 468 g/mol. The second-order valence-electron chi connectivity index (χ2n) is 8.52. The molecule has 2 aromatic rings. The van der Waals surface area contributed by atoms with Crippen LogP contribution in [-0.2, 0) is 4.74 Å². The normalized spacial score (nSPS) is 25.5. The van der Waals surface area contributed by atoms with E-state index in [2.05, 4.69) is 5.32 Å². The number of hydrogen-bond acceptors (Lipinski definition) is 6. The summed E-state index contributed by atoms with van der Waals surface area (Å²) in [6.07, 6.45) is 1.06. The zero-order valence-corrected chi connectivity index (χ0v) is 19.1. The van der Waals surface area contributed by atoms with Gasteiger partial charge in [-0.3, -0.25) is 14.6 Å². The monoisotopic (exact) mass is 488 g/mol. The van der Waals surface area contributed by atoms with Crippen LogP contribution >= 0.6 is 22.9 Å². The van der Waals surface area contributed by atoms with Crippen molar-refractivity contribution in [2.24, 2.45) is 0 Å². The maximum absolute atomic E-state index is 12.7. The molecule has 0 saturated carbocycles. The van der Waals surface area contributed by atoms with Gasteiger partial charge in [-0.2, -0.15) is 0 Å². The molecule has 0 aliphatic carbocycles. The second-order valence-corrected chi connectivity index (χ2v) is 10.2. The number of carbonyl (C=O) groups excluding carboxylic acids is 3. The average Bonchev–Trinajstić information content (AvgIpc) is 3.58. The molecule has 3 fully saturated rings. The first kappa shape index (κ1) is 20.6. The predicted molar refractivity (Wildman–Crippen MR) is 123 cm³/mol. The van der Waals surface area contributed by atoms with E-state index in [1.807, 2.05) is 17.0 Å². The number of nitrogens with one attached hydrogen (secondary N) is 1. The predicted octanol–water partition coefficient (Wildman–Crippen LogP) is 3.32. The summed E-state index contributed by atoms with van der Waals surface area (Å²) in [5.74, 6) is 0.275. The first-order chi connectivity index (χ1) is 16.0. The molecule has 0 radical (unpaired) electrons. The third kappa shape index (κ3) is 3.39. The van der Waals surface area contributed by atoms with E-state index in [9.17, 15) is 14.4 Å². The quantitative estimate of drug-likeness (QED) is 0.712. The Morgan fingerprint density at radius 3 is 2.91 bits per heavy atom. The maximum atomic E-state index is 12.7. The van der Waals surface area contributed by atoms with Crippen LogP contribution in [0.5, 0.6) is 5.75 Å². The summed E-state index contributed by atoms with van der Waals surface area (Å²) in [7, 11) is 0. The van der Waals surface area contributed by atoms with Crippen molar-refractivity contribution in [1.29, 1.82) is 0 Å². The van der Waals surface area contributed by atoms with Gasteiger partial charge in [-0.1, -0.05) is 11.6 Å². The van der Waals surface area contributed by atoms with Gasteiger partial charge in [0.2, 0.25) is 0 Å². The van der Waals surface area contributed by atoms with Gasteiger partial charge >= 0.3 is 12.1 Å². The van der Waals surface area contributed by atoms with Crippen LogP contribution in [0.15, 0.2) is 30.3 Å². The van der Waals surface area contributed by atoms with E-state index in [1.165, 1.54) is 11.3 Å². The van der Waals surface area contributed by atoms with Crippen LogP contribution in [0.4, 0.5) is 21.0 Å². The lowest BCUT2D eigenvalue weighted by atomic mass is 10.1. The zero-order chi connectivity index (χ0) is 22.7. The van der Waals surface area contributed by atoms with E-state index >= 15 is 0 Å². The molecule has 1 aromatic heterocycles. The molecule has 3 saturated heterocycles. The van der Waals surface area contributed by atoms with Crippen molar-refractivity contribution in [2.75, 3.05) is 36.0 Å². The van der Waals surface area contributed by atoms with Crippen LogP contribution in [-0.4, -0.2) is 67.4 Å². The Morgan fingerprint density at radius 1 is 1.24 bits per heavy atom. The van der Waals surface area contributed by atoms with Crippen molar-refractivity contribution in [3.63, 3.8) is 0 Å². The third-order valence-corrected chi connectivity index (χ3v) is 7.87. The molecule has 172 valence electrons. The minimum atomic E-state index is -0.544. The molecule has 1 aromatic carbocycles. The number of benzene rings is 1.